The molecule has 17 heavy (non-hydrogen) atoms. The molecule has 2 rings (SSSR count). The number of hydrogen-bond acceptors (Lipinski definition) is 5. The summed E-state index contributed by atoms with van der Waals surface area (Å²) in [6, 6.07) is 2.18. The van der Waals surface area contributed by atoms with Crippen LogP contribution in [0.1, 0.15) is 30.6 Å². The van der Waals surface area contributed by atoms with Gasteiger partial charge in [0, 0.05) is 12.1 Å². The van der Waals surface area contributed by atoms with Crippen molar-refractivity contribution in [2.24, 2.45) is 0 Å². The molecule has 0 radical (unpaired) electrons. The van der Waals surface area contributed by atoms with E-state index in [1.165, 1.54) is 0 Å². The summed E-state index contributed by atoms with van der Waals surface area (Å²) in [5.74, 6) is -0.534. The number of hydrogen-bond donors (Lipinski definition) is 1. The highest BCUT2D eigenvalue weighted by atomic mass is 16.6. The van der Waals surface area contributed by atoms with E-state index in [4.69, 9.17) is 4.74 Å². The standard InChI is InChI=1S/C11H11NO5/c1-11(2)5-9(14)6-3-7(12(15)16)8(13)4-10(6)17-11/h3-4,13H,5H2,1-2H3. The molecule has 0 aliphatic carbocycles. The molecule has 1 heterocycles. The lowest BCUT2D eigenvalue weighted by Gasteiger charge is -2.31. The maximum absolute atomic E-state index is 11.8. The Hall–Kier alpha value is -2.11. The summed E-state index contributed by atoms with van der Waals surface area (Å²) >= 11 is 0. The van der Waals surface area contributed by atoms with Crippen molar-refractivity contribution in [3.63, 3.8) is 0 Å². The number of carbonyl (C=O) groups is 1. The zero-order valence-corrected chi connectivity index (χ0v) is 9.39. The Morgan fingerprint density at radius 1 is 1.47 bits per heavy atom. The van der Waals surface area contributed by atoms with E-state index >= 15 is 0 Å². The van der Waals surface area contributed by atoms with Crippen LogP contribution in [0, 0.1) is 10.1 Å². The topological polar surface area (TPSA) is 89.7 Å². The van der Waals surface area contributed by atoms with Gasteiger partial charge in [0.2, 0.25) is 0 Å². The molecule has 1 aromatic rings. The molecule has 90 valence electrons. The van der Waals surface area contributed by atoms with Gasteiger partial charge in [-0.05, 0) is 13.8 Å². The van der Waals surface area contributed by atoms with Gasteiger partial charge in [-0.25, -0.2) is 0 Å². The lowest BCUT2D eigenvalue weighted by atomic mass is 9.93. The van der Waals surface area contributed by atoms with E-state index in [2.05, 4.69) is 0 Å². The second kappa shape index (κ2) is 3.44. The minimum absolute atomic E-state index is 0.147. The summed E-state index contributed by atoms with van der Waals surface area (Å²) in [4.78, 5) is 21.7. The second-order valence-electron chi connectivity index (χ2n) is 4.56. The maximum Gasteiger partial charge on any atom is 0.311 e. The third-order valence-electron chi connectivity index (χ3n) is 2.55. The van der Waals surface area contributed by atoms with E-state index in [-0.39, 0.29) is 23.5 Å². The van der Waals surface area contributed by atoms with Crippen LogP contribution in [0.5, 0.6) is 11.5 Å². The predicted octanol–water partition coefficient (Wildman–Crippen LogP) is 2.04. The van der Waals surface area contributed by atoms with Crippen LogP contribution in [0.3, 0.4) is 0 Å². The molecule has 6 heteroatoms. The monoisotopic (exact) mass is 237 g/mol. The molecular weight excluding hydrogens is 226 g/mol. The number of phenols is 1. The lowest BCUT2D eigenvalue weighted by Crippen LogP contribution is -2.35. The number of aromatic hydroxyl groups is 1. The number of phenolic OH excluding ortho intramolecular Hbond substituents is 1. The number of carbonyl (C=O) groups excluding carboxylic acids is 1. The summed E-state index contributed by atoms with van der Waals surface area (Å²) in [7, 11) is 0. The van der Waals surface area contributed by atoms with Gasteiger partial charge in [0.25, 0.3) is 0 Å². The number of rotatable bonds is 1. The summed E-state index contributed by atoms with van der Waals surface area (Å²) in [6.07, 6.45) is 0.155. The van der Waals surface area contributed by atoms with E-state index in [0.717, 1.165) is 12.1 Å². The predicted molar refractivity (Wildman–Crippen MR) is 58.4 cm³/mol. The molecule has 0 amide bonds. The van der Waals surface area contributed by atoms with Gasteiger partial charge in [0.05, 0.1) is 16.9 Å². The van der Waals surface area contributed by atoms with Crippen molar-refractivity contribution >= 4 is 11.5 Å². The summed E-state index contributed by atoms with van der Waals surface area (Å²) in [6.45, 7) is 3.48. The highest BCUT2D eigenvalue weighted by molar-refractivity contribution is 6.01. The van der Waals surface area contributed by atoms with Crippen molar-refractivity contribution in [3.8, 4) is 11.5 Å². The third-order valence-corrected chi connectivity index (χ3v) is 2.55. The van der Waals surface area contributed by atoms with Crippen molar-refractivity contribution in [2.45, 2.75) is 25.9 Å². The van der Waals surface area contributed by atoms with Crippen LogP contribution in [0.4, 0.5) is 5.69 Å². The summed E-state index contributed by atoms with van der Waals surface area (Å²) in [5.41, 5.74) is -0.999. The van der Waals surface area contributed by atoms with Crippen LogP contribution in [0.25, 0.3) is 0 Å². The molecule has 0 spiro atoms. The zero-order chi connectivity index (χ0) is 12.8. The van der Waals surface area contributed by atoms with Gasteiger partial charge in [-0.1, -0.05) is 0 Å². The molecule has 0 unspecified atom stereocenters. The van der Waals surface area contributed by atoms with Crippen LogP contribution in [-0.4, -0.2) is 21.4 Å². The summed E-state index contributed by atoms with van der Waals surface area (Å²) in [5, 5.41) is 20.1. The third kappa shape index (κ3) is 1.93. The van der Waals surface area contributed by atoms with Gasteiger partial charge in [-0.15, -0.1) is 0 Å². The van der Waals surface area contributed by atoms with Gasteiger partial charge < -0.3 is 9.84 Å². The number of ketones is 1. The van der Waals surface area contributed by atoms with Gasteiger partial charge >= 0.3 is 5.69 Å². The number of ether oxygens (including phenoxy) is 1. The van der Waals surface area contributed by atoms with Crippen LogP contribution in [-0.2, 0) is 0 Å². The molecule has 6 nitrogen and oxygen atoms in total. The molecule has 0 bridgehead atoms. The van der Waals surface area contributed by atoms with E-state index in [9.17, 15) is 20.0 Å². The SMILES string of the molecule is CC1(C)CC(=O)c2cc([N+](=O)[O-])c(O)cc2O1. The number of benzene rings is 1. The normalized spacial score (nSPS) is 17.2. The first kappa shape index (κ1) is 11.4. The number of Topliss-reactive ketones (excluding diaryl/α,β-unsaturated/α-hetero) is 1. The highest BCUT2D eigenvalue weighted by Crippen LogP contribution is 2.39. The number of nitro benzene ring substituents is 1. The fourth-order valence-electron chi connectivity index (χ4n) is 1.82. The van der Waals surface area contributed by atoms with Crippen molar-refractivity contribution in [1.82, 2.24) is 0 Å². The molecule has 0 saturated heterocycles. The first-order valence-electron chi connectivity index (χ1n) is 5.04. The molecule has 0 atom stereocenters. The Bertz CT molecular complexity index is 521. The first-order chi connectivity index (χ1) is 7.80. The molecule has 0 saturated carbocycles. The summed E-state index contributed by atoms with van der Waals surface area (Å²) < 4.78 is 5.50. The van der Waals surface area contributed by atoms with Crippen molar-refractivity contribution in [3.05, 3.63) is 27.8 Å². The number of nitrogens with zero attached hydrogens (tertiary/aromatic N) is 1. The number of nitro groups is 1. The largest absolute Gasteiger partial charge is 0.502 e. The molecule has 0 aromatic heterocycles. The Morgan fingerprint density at radius 3 is 2.71 bits per heavy atom. The van der Waals surface area contributed by atoms with Crippen molar-refractivity contribution < 1.29 is 19.6 Å². The quantitative estimate of drug-likeness (QED) is 0.596. The smallest absolute Gasteiger partial charge is 0.311 e. The van der Waals surface area contributed by atoms with Crippen LogP contribution >= 0.6 is 0 Å². The Kier molecular flexibility index (Phi) is 2.30. The van der Waals surface area contributed by atoms with E-state index < -0.39 is 22.0 Å². The molecule has 1 N–H and O–H groups in total. The van der Waals surface area contributed by atoms with Crippen LogP contribution in [0.2, 0.25) is 0 Å². The molecule has 1 aliphatic heterocycles. The minimum Gasteiger partial charge on any atom is -0.502 e. The molecule has 1 aliphatic rings. The lowest BCUT2D eigenvalue weighted by molar-refractivity contribution is -0.385. The van der Waals surface area contributed by atoms with E-state index in [1.807, 2.05) is 0 Å². The van der Waals surface area contributed by atoms with Gasteiger partial charge in [0.1, 0.15) is 11.4 Å². The van der Waals surface area contributed by atoms with Crippen molar-refractivity contribution in [1.29, 1.82) is 0 Å². The highest BCUT2D eigenvalue weighted by Gasteiger charge is 2.34. The average Bonchev–Trinajstić information content (AvgIpc) is 2.13. The fourth-order valence-corrected chi connectivity index (χ4v) is 1.82. The van der Waals surface area contributed by atoms with Gasteiger partial charge in [-0.2, -0.15) is 0 Å². The van der Waals surface area contributed by atoms with Crippen LogP contribution in [0.15, 0.2) is 12.1 Å². The molecule has 1 aromatic carbocycles. The first-order valence-corrected chi connectivity index (χ1v) is 5.04. The zero-order valence-electron chi connectivity index (χ0n) is 9.39. The molecule has 0 fully saturated rings. The number of fused-ring (bicyclic) bond motifs is 1. The van der Waals surface area contributed by atoms with Gasteiger partial charge in [-0.3, -0.25) is 14.9 Å². The van der Waals surface area contributed by atoms with Crippen molar-refractivity contribution in [2.75, 3.05) is 0 Å². The minimum atomic E-state index is -0.733. The average molecular weight is 237 g/mol. The Balaban J connectivity index is 2.58. The van der Waals surface area contributed by atoms with E-state index in [0.29, 0.717) is 0 Å². The van der Waals surface area contributed by atoms with Crippen LogP contribution < -0.4 is 4.74 Å². The second-order valence-corrected chi connectivity index (χ2v) is 4.56. The fraction of sp³-hybridized carbons (Fsp3) is 0.364. The Morgan fingerprint density at radius 2 is 2.12 bits per heavy atom. The molecular formula is C11H11NO5. The van der Waals surface area contributed by atoms with Gasteiger partial charge in [0.15, 0.2) is 11.5 Å². The maximum atomic E-state index is 11.8. The Labute approximate surface area is 97.0 Å². The van der Waals surface area contributed by atoms with E-state index in [1.54, 1.807) is 13.8 Å².